The largest absolute Gasteiger partial charge is 0.508 e. The van der Waals surface area contributed by atoms with Crippen LogP contribution < -0.4 is 5.56 Å². The Balaban J connectivity index is 1.69. The molecule has 1 aliphatic heterocycles. The molecule has 1 unspecified atom stereocenters. The summed E-state index contributed by atoms with van der Waals surface area (Å²) in [6.07, 6.45) is 4.01. The number of imidazole rings is 1. The molecule has 8 nitrogen and oxygen atoms in total. The van der Waals surface area contributed by atoms with E-state index in [2.05, 4.69) is 19.9 Å². The van der Waals surface area contributed by atoms with Gasteiger partial charge in [0.25, 0.3) is 11.5 Å². The molecule has 3 N–H and O–H groups in total. The van der Waals surface area contributed by atoms with Crippen LogP contribution in [0.15, 0.2) is 47.8 Å². The highest BCUT2D eigenvalue weighted by molar-refractivity contribution is 5.92. The zero-order valence-corrected chi connectivity index (χ0v) is 13.1. The minimum absolute atomic E-state index is 0.159. The second kappa shape index (κ2) is 5.90. The number of hydrogen-bond donors (Lipinski definition) is 3. The fourth-order valence-corrected chi connectivity index (χ4v) is 3.10. The molecule has 1 atom stereocenters. The summed E-state index contributed by atoms with van der Waals surface area (Å²) in [5.74, 6) is -0.268. The molecule has 0 radical (unpaired) electrons. The number of carbonyl (C=O) groups excluding carboxylic acids is 1. The Morgan fingerprint density at radius 1 is 1.28 bits per heavy atom. The number of benzene rings is 1. The van der Waals surface area contributed by atoms with Gasteiger partial charge in [-0.05, 0) is 17.7 Å². The second-order valence-electron chi connectivity index (χ2n) is 5.90. The van der Waals surface area contributed by atoms with E-state index in [1.807, 2.05) is 6.07 Å². The van der Waals surface area contributed by atoms with E-state index in [0.29, 0.717) is 13.1 Å². The molecule has 0 bridgehead atoms. The molecule has 0 saturated heterocycles. The normalized spacial score (nSPS) is 16.5. The minimum atomic E-state index is -0.358. The van der Waals surface area contributed by atoms with Crippen LogP contribution in [0.5, 0.6) is 5.75 Å². The first-order chi connectivity index (χ1) is 12.1. The highest BCUT2D eigenvalue weighted by Crippen LogP contribution is 2.33. The second-order valence-corrected chi connectivity index (χ2v) is 5.90. The van der Waals surface area contributed by atoms with Gasteiger partial charge in [-0.2, -0.15) is 0 Å². The molecule has 0 fully saturated rings. The molecule has 3 heterocycles. The van der Waals surface area contributed by atoms with E-state index < -0.39 is 0 Å². The molecule has 1 amide bonds. The van der Waals surface area contributed by atoms with Crippen molar-refractivity contribution in [2.24, 2.45) is 0 Å². The van der Waals surface area contributed by atoms with Crippen molar-refractivity contribution < 1.29 is 9.90 Å². The van der Waals surface area contributed by atoms with E-state index >= 15 is 0 Å². The first-order valence-electron chi connectivity index (χ1n) is 7.77. The lowest BCUT2D eigenvalue weighted by molar-refractivity contribution is 0.0715. The number of carbonyl (C=O) groups is 1. The van der Waals surface area contributed by atoms with Crippen molar-refractivity contribution in [1.29, 1.82) is 0 Å². The van der Waals surface area contributed by atoms with Crippen molar-refractivity contribution in [3.63, 3.8) is 0 Å². The van der Waals surface area contributed by atoms with Crippen LogP contribution in [0.25, 0.3) is 0 Å². The summed E-state index contributed by atoms with van der Waals surface area (Å²) in [5.41, 5.74) is 2.41. The van der Waals surface area contributed by atoms with Crippen LogP contribution in [0, 0.1) is 0 Å². The van der Waals surface area contributed by atoms with Crippen LogP contribution in [-0.4, -0.2) is 42.4 Å². The van der Waals surface area contributed by atoms with Crippen LogP contribution in [0.2, 0.25) is 0 Å². The Kier molecular flexibility index (Phi) is 3.57. The molecular formula is C17H15N5O3. The number of nitrogens with one attached hydrogen (secondary N) is 2. The van der Waals surface area contributed by atoms with Gasteiger partial charge < -0.3 is 20.0 Å². The predicted octanol–water partition coefficient (Wildman–Crippen LogP) is 0.986. The Morgan fingerprint density at radius 2 is 2.16 bits per heavy atom. The number of hydrogen-bond acceptors (Lipinski definition) is 5. The summed E-state index contributed by atoms with van der Waals surface area (Å²) in [4.78, 5) is 39.4. The Morgan fingerprint density at radius 3 is 2.92 bits per heavy atom. The third-order valence-electron chi connectivity index (χ3n) is 4.28. The summed E-state index contributed by atoms with van der Waals surface area (Å²) in [5, 5.41) is 9.77. The molecular weight excluding hydrogens is 322 g/mol. The van der Waals surface area contributed by atoms with Gasteiger partial charge in [-0.1, -0.05) is 12.1 Å². The van der Waals surface area contributed by atoms with E-state index in [1.165, 1.54) is 6.20 Å². The summed E-state index contributed by atoms with van der Waals surface area (Å²) in [6, 6.07) is 6.94. The number of phenols is 1. The number of H-pyrrole nitrogens is 2. The maximum Gasteiger partial charge on any atom is 0.274 e. The Labute approximate surface area is 142 Å². The summed E-state index contributed by atoms with van der Waals surface area (Å²) in [7, 11) is 0. The van der Waals surface area contributed by atoms with E-state index in [4.69, 9.17) is 0 Å². The number of aromatic hydroxyl groups is 1. The average molecular weight is 337 g/mol. The quantitative estimate of drug-likeness (QED) is 0.645. The Bertz CT molecular complexity index is 973. The third kappa shape index (κ3) is 2.78. The molecule has 1 aliphatic rings. The van der Waals surface area contributed by atoms with Crippen molar-refractivity contribution >= 4 is 5.91 Å². The predicted molar refractivity (Wildman–Crippen MR) is 88.1 cm³/mol. The monoisotopic (exact) mass is 337 g/mol. The lowest BCUT2D eigenvalue weighted by atomic mass is 9.90. The third-order valence-corrected chi connectivity index (χ3v) is 4.28. The van der Waals surface area contributed by atoms with Gasteiger partial charge in [0.05, 0.1) is 30.5 Å². The first kappa shape index (κ1) is 15.1. The minimum Gasteiger partial charge on any atom is -0.508 e. The molecule has 126 valence electrons. The van der Waals surface area contributed by atoms with E-state index in [-0.39, 0.29) is 28.8 Å². The van der Waals surface area contributed by atoms with Crippen molar-refractivity contribution in [3.05, 3.63) is 76.0 Å². The van der Waals surface area contributed by atoms with E-state index in [0.717, 1.165) is 23.1 Å². The zero-order chi connectivity index (χ0) is 17.4. The number of phenolic OH excluding ortho intramolecular Hbond substituents is 1. The number of amides is 1. The zero-order valence-electron chi connectivity index (χ0n) is 13.1. The van der Waals surface area contributed by atoms with Gasteiger partial charge in [-0.25, -0.2) is 9.97 Å². The van der Waals surface area contributed by atoms with Gasteiger partial charge in [0.2, 0.25) is 0 Å². The van der Waals surface area contributed by atoms with Gasteiger partial charge in [0, 0.05) is 18.7 Å². The van der Waals surface area contributed by atoms with Crippen molar-refractivity contribution in [1.82, 2.24) is 24.8 Å². The van der Waals surface area contributed by atoms with E-state index in [9.17, 15) is 14.7 Å². The average Bonchev–Trinajstić information content (AvgIpc) is 3.09. The number of aromatic nitrogens is 4. The number of aromatic amines is 2. The fourth-order valence-electron chi connectivity index (χ4n) is 3.10. The SMILES string of the molecule is O=C(c1c[nH]c(=O)cn1)N1Cc2[nH]cnc2C(c2cccc(O)c2)C1. The number of rotatable bonds is 2. The highest BCUT2D eigenvalue weighted by Gasteiger charge is 2.32. The molecule has 0 saturated carbocycles. The molecule has 2 aromatic heterocycles. The van der Waals surface area contributed by atoms with Gasteiger partial charge >= 0.3 is 0 Å². The maximum atomic E-state index is 12.7. The summed E-state index contributed by atoms with van der Waals surface area (Å²) in [6.45, 7) is 0.783. The van der Waals surface area contributed by atoms with Gasteiger partial charge in [-0.15, -0.1) is 0 Å². The summed E-state index contributed by atoms with van der Waals surface area (Å²) >= 11 is 0. The van der Waals surface area contributed by atoms with Crippen LogP contribution in [0.3, 0.4) is 0 Å². The van der Waals surface area contributed by atoms with Crippen molar-refractivity contribution in [2.75, 3.05) is 6.54 Å². The summed E-state index contributed by atoms with van der Waals surface area (Å²) < 4.78 is 0. The fraction of sp³-hybridized carbons (Fsp3) is 0.176. The Hall–Kier alpha value is -3.42. The topological polar surface area (TPSA) is 115 Å². The van der Waals surface area contributed by atoms with Crippen molar-refractivity contribution in [2.45, 2.75) is 12.5 Å². The van der Waals surface area contributed by atoms with Crippen LogP contribution in [-0.2, 0) is 6.54 Å². The van der Waals surface area contributed by atoms with Gasteiger partial charge in [0.1, 0.15) is 11.4 Å². The van der Waals surface area contributed by atoms with Crippen molar-refractivity contribution in [3.8, 4) is 5.75 Å². The van der Waals surface area contributed by atoms with Gasteiger partial charge in [-0.3, -0.25) is 9.59 Å². The van der Waals surface area contributed by atoms with Crippen LogP contribution in [0.1, 0.15) is 33.4 Å². The standard InChI is InChI=1S/C17H15N5O3/c23-11-3-1-2-10(4-11)12-7-22(8-14-16(12)21-9-20-14)17(25)13-5-19-15(24)6-18-13/h1-6,9,12,23H,7-8H2,(H,19,24)(H,20,21). The van der Waals surface area contributed by atoms with Crippen LogP contribution >= 0.6 is 0 Å². The lowest BCUT2D eigenvalue weighted by Crippen LogP contribution is -2.39. The maximum absolute atomic E-state index is 12.7. The first-order valence-corrected chi connectivity index (χ1v) is 7.77. The smallest absolute Gasteiger partial charge is 0.274 e. The lowest BCUT2D eigenvalue weighted by Gasteiger charge is -2.32. The molecule has 1 aromatic carbocycles. The molecule has 0 aliphatic carbocycles. The number of nitrogens with zero attached hydrogens (tertiary/aromatic N) is 3. The molecule has 4 rings (SSSR count). The molecule has 0 spiro atoms. The highest BCUT2D eigenvalue weighted by atomic mass is 16.3. The van der Waals surface area contributed by atoms with Crippen LogP contribution in [0.4, 0.5) is 0 Å². The molecule has 3 aromatic rings. The number of fused-ring (bicyclic) bond motifs is 1. The molecule has 25 heavy (non-hydrogen) atoms. The van der Waals surface area contributed by atoms with E-state index in [1.54, 1.807) is 29.4 Å². The molecule has 8 heteroatoms. The van der Waals surface area contributed by atoms with Gasteiger partial charge in [0.15, 0.2) is 0 Å².